The molecule has 0 bridgehead atoms. The van der Waals surface area contributed by atoms with Crippen molar-refractivity contribution >= 4 is 5.91 Å². The molecule has 3 rings (SSSR count). The van der Waals surface area contributed by atoms with Crippen molar-refractivity contribution < 1.29 is 9.32 Å². The molecule has 0 aliphatic heterocycles. The number of carbonyl (C=O) groups is 1. The first-order valence-corrected chi connectivity index (χ1v) is 6.99. The Morgan fingerprint density at radius 1 is 1.45 bits per heavy atom. The maximum atomic E-state index is 12.1. The van der Waals surface area contributed by atoms with Crippen molar-refractivity contribution in [1.82, 2.24) is 20.0 Å². The Hall–Kier alpha value is -2.11. The van der Waals surface area contributed by atoms with Gasteiger partial charge in [-0.3, -0.25) is 4.79 Å². The summed E-state index contributed by atoms with van der Waals surface area (Å²) in [5, 5.41) is 6.82. The van der Waals surface area contributed by atoms with E-state index >= 15 is 0 Å². The van der Waals surface area contributed by atoms with Crippen molar-refractivity contribution in [2.24, 2.45) is 0 Å². The lowest BCUT2D eigenvalue weighted by molar-refractivity contribution is 0.0942. The number of nitrogens with one attached hydrogen (secondary N) is 1. The predicted molar refractivity (Wildman–Crippen MR) is 72.4 cm³/mol. The highest BCUT2D eigenvalue weighted by molar-refractivity contribution is 5.93. The molecule has 2 aromatic rings. The zero-order chi connectivity index (χ0) is 13.9. The molecule has 1 N–H and O–H groups in total. The molecule has 0 saturated carbocycles. The predicted octanol–water partition coefficient (Wildman–Crippen LogP) is 1.49. The van der Waals surface area contributed by atoms with Crippen molar-refractivity contribution in [3.8, 4) is 0 Å². The lowest BCUT2D eigenvalue weighted by Crippen LogP contribution is -2.28. The molecule has 2 aromatic heterocycles. The van der Waals surface area contributed by atoms with Crippen LogP contribution in [0.4, 0.5) is 0 Å². The third-order valence-corrected chi connectivity index (χ3v) is 3.73. The molecule has 6 nitrogen and oxygen atoms in total. The number of hydrogen-bond acceptors (Lipinski definition) is 4. The summed E-state index contributed by atoms with van der Waals surface area (Å²) in [6.07, 6.45) is 7.66. The SMILES string of the molecule is Cc1nccn1CCNC(=O)c1noc2c1CCCC2. The summed E-state index contributed by atoms with van der Waals surface area (Å²) in [7, 11) is 0. The third kappa shape index (κ3) is 2.45. The Morgan fingerprint density at radius 2 is 2.30 bits per heavy atom. The van der Waals surface area contributed by atoms with E-state index in [2.05, 4.69) is 15.5 Å². The van der Waals surface area contributed by atoms with Gasteiger partial charge < -0.3 is 14.4 Å². The Balaban J connectivity index is 1.59. The van der Waals surface area contributed by atoms with E-state index in [4.69, 9.17) is 4.52 Å². The standard InChI is InChI=1S/C14H18N4O2/c1-10-15-6-8-18(10)9-7-16-14(19)13-11-4-2-3-5-12(11)20-17-13/h6,8H,2-5,7,9H2,1H3,(H,16,19). The van der Waals surface area contributed by atoms with Gasteiger partial charge in [-0.05, 0) is 26.2 Å². The number of nitrogens with zero attached hydrogens (tertiary/aromatic N) is 3. The van der Waals surface area contributed by atoms with E-state index in [0.717, 1.165) is 42.8 Å². The van der Waals surface area contributed by atoms with Gasteiger partial charge in [0.15, 0.2) is 5.69 Å². The van der Waals surface area contributed by atoms with Crippen LogP contribution in [0.25, 0.3) is 0 Å². The summed E-state index contributed by atoms with van der Waals surface area (Å²) in [6, 6.07) is 0. The number of rotatable bonds is 4. The molecular formula is C14H18N4O2. The maximum absolute atomic E-state index is 12.1. The average molecular weight is 274 g/mol. The Bertz CT molecular complexity index is 614. The van der Waals surface area contributed by atoms with Crippen LogP contribution in [-0.4, -0.2) is 27.2 Å². The van der Waals surface area contributed by atoms with Crippen molar-refractivity contribution in [2.45, 2.75) is 39.2 Å². The number of hydrogen-bond donors (Lipinski definition) is 1. The van der Waals surface area contributed by atoms with E-state index in [0.29, 0.717) is 18.8 Å². The molecule has 0 fully saturated rings. The molecule has 1 aliphatic carbocycles. The topological polar surface area (TPSA) is 73.0 Å². The van der Waals surface area contributed by atoms with Crippen molar-refractivity contribution in [2.75, 3.05) is 6.54 Å². The maximum Gasteiger partial charge on any atom is 0.273 e. The second kappa shape index (κ2) is 5.48. The average Bonchev–Trinajstić information content (AvgIpc) is 3.05. The summed E-state index contributed by atoms with van der Waals surface area (Å²) in [6.45, 7) is 3.20. The van der Waals surface area contributed by atoms with Gasteiger partial charge in [-0.2, -0.15) is 0 Å². The second-order valence-corrected chi connectivity index (χ2v) is 5.06. The first-order chi connectivity index (χ1) is 9.75. The number of fused-ring (bicyclic) bond motifs is 1. The first-order valence-electron chi connectivity index (χ1n) is 6.99. The number of carbonyl (C=O) groups excluding carboxylic acids is 1. The molecule has 0 atom stereocenters. The molecule has 1 aliphatic rings. The van der Waals surface area contributed by atoms with E-state index in [-0.39, 0.29) is 5.91 Å². The van der Waals surface area contributed by atoms with Gasteiger partial charge in [-0.25, -0.2) is 4.98 Å². The summed E-state index contributed by atoms with van der Waals surface area (Å²) in [4.78, 5) is 16.3. The molecule has 6 heteroatoms. The van der Waals surface area contributed by atoms with Crippen LogP contribution >= 0.6 is 0 Å². The van der Waals surface area contributed by atoms with E-state index in [1.54, 1.807) is 6.20 Å². The molecule has 20 heavy (non-hydrogen) atoms. The Kier molecular flexibility index (Phi) is 3.54. The van der Waals surface area contributed by atoms with Gasteiger partial charge >= 0.3 is 0 Å². The van der Waals surface area contributed by atoms with Crippen LogP contribution in [0, 0.1) is 6.92 Å². The normalized spacial score (nSPS) is 14.1. The molecule has 1 amide bonds. The number of amides is 1. The molecule has 0 saturated heterocycles. The van der Waals surface area contributed by atoms with Crippen LogP contribution in [0.1, 0.15) is 40.5 Å². The molecular weight excluding hydrogens is 256 g/mol. The smallest absolute Gasteiger partial charge is 0.273 e. The highest BCUT2D eigenvalue weighted by atomic mass is 16.5. The van der Waals surface area contributed by atoms with Gasteiger partial charge in [0.05, 0.1) is 0 Å². The zero-order valence-electron chi connectivity index (χ0n) is 11.6. The van der Waals surface area contributed by atoms with Crippen LogP contribution in [0.2, 0.25) is 0 Å². The molecule has 0 aromatic carbocycles. The van der Waals surface area contributed by atoms with Gasteiger partial charge in [-0.15, -0.1) is 0 Å². The molecule has 0 spiro atoms. The molecule has 0 radical (unpaired) electrons. The number of aromatic nitrogens is 3. The van der Waals surface area contributed by atoms with E-state index in [1.807, 2.05) is 17.7 Å². The van der Waals surface area contributed by atoms with Gasteiger partial charge in [0.2, 0.25) is 0 Å². The third-order valence-electron chi connectivity index (χ3n) is 3.73. The fraction of sp³-hybridized carbons (Fsp3) is 0.500. The highest BCUT2D eigenvalue weighted by Crippen LogP contribution is 2.23. The van der Waals surface area contributed by atoms with Crippen molar-refractivity contribution in [3.63, 3.8) is 0 Å². The fourth-order valence-corrected chi connectivity index (χ4v) is 2.58. The monoisotopic (exact) mass is 274 g/mol. The lowest BCUT2D eigenvalue weighted by atomic mass is 9.96. The lowest BCUT2D eigenvalue weighted by Gasteiger charge is -2.09. The molecule has 106 valence electrons. The zero-order valence-corrected chi connectivity index (χ0v) is 11.6. The van der Waals surface area contributed by atoms with Gasteiger partial charge in [0.25, 0.3) is 5.91 Å². The molecule has 2 heterocycles. The van der Waals surface area contributed by atoms with Gasteiger partial charge in [-0.1, -0.05) is 5.16 Å². The van der Waals surface area contributed by atoms with E-state index in [9.17, 15) is 4.79 Å². The van der Waals surface area contributed by atoms with Crippen LogP contribution in [0.5, 0.6) is 0 Å². The Morgan fingerprint density at radius 3 is 3.10 bits per heavy atom. The fourth-order valence-electron chi connectivity index (χ4n) is 2.58. The number of aryl methyl sites for hydroxylation is 2. The van der Waals surface area contributed by atoms with Crippen LogP contribution < -0.4 is 5.32 Å². The minimum atomic E-state index is -0.144. The van der Waals surface area contributed by atoms with Gasteiger partial charge in [0, 0.05) is 37.5 Å². The van der Waals surface area contributed by atoms with Gasteiger partial charge in [0.1, 0.15) is 11.6 Å². The van der Waals surface area contributed by atoms with E-state index in [1.165, 1.54) is 0 Å². The highest BCUT2D eigenvalue weighted by Gasteiger charge is 2.23. The van der Waals surface area contributed by atoms with Crippen LogP contribution in [0.3, 0.4) is 0 Å². The second-order valence-electron chi connectivity index (χ2n) is 5.06. The van der Waals surface area contributed by atoms with Crippen molar-refractivity contribution in [1.29, 1.82) is 0 Å². The minimum absolute atomic E-state index is 0.144. The van der Waals surface area contributed by atoms with Crippen molar-refractivity contribution in [3.05, 3.63) is 35.2 Å². The largest absolute Gasteiger partial charge is 0.360 e. The Labute approximate surface area is 117 Å². The summed E-state index contributed by atoms with van der Waals surface area (Å²) < 4.78 is 7.25. The van der Waals surface area contributed by atoms with E-state index < -0.39 is 0 Å². The molecule has 0 unspecified atom stereocenters. The summed E-state index contributed by atoms with van der Waals surface area (Å²) in [5.41, 5.74) is 1.45. The number of imidazole rings is 1. The van der Waals surface area contributed by atoms with Crippen LogP contribution in [-0.2, 0) is 19.4 Å². The first kappa shape index (κ1) is 12.9. The minimum Gasteiger partial charge on any atom is -0.360 e. The summed E-state index contributed by atoms with van der Waals surface area (Å²) in [5.74, 6) is 1.68. The quantitative estimate of drug-likeness (QED) is 0.916. The summed E-state index contributed by atoms with van der Waals surface area (Å²) >= 11 is 0. The van der Waals surface area contributed by atoms with Crippen LogP contribution in [0.15, 0.2) is 16.9 Å².